The number of nitrogens with zero attached hydrogens (tertiary/aromatic N) is 2. The van der Waals surface area contributed by atoms with Gasteiger partial charge < -0.3 is 19.1 Å². The van der Waals surface area contributed by atoms with Crippen molar-refractivity contribution in [3.8, 4) is 11.5 Å². The fraction of sp³-hybridized carbons (Fsp3) is 0.652. The minimum Gasteiger partial charge on any atom is -0.490 e. The number of piperidine rings is 1. The van der Waals surface area contributed by atoms with Gasteiger partial charge in [0.25, 0.3) is 5.54 Å². The molecular weight excluding hydrogens is 368 g/mol. The van der Waals surface area contributed by atoms with Gasteiger partial charge >= 0.3 is 5.97 Å². The van der Waals surface area contributed by atoms with Gasteiger partial charge in [0.15, 0.2) is 11.5 Å². The highest BCUT2D eigenvalue weighted by atomic mass is 16.5. The lowest BCUT2D eigenvalue weighted by atomic mass is 9.81. The molecule has 0 atom stereocenters. The molecule has 0 aromatic heterocycles. The van der Waals surface area contributed by atoms with Crippen LogP contribution in [0.2, 0.25) is 0 Å². The third-order valence-electron chi connectivity index (χ3n) is 5.93. The Bertz CT molecular complexity index is 729. The second kappa shape index (κ2) is 9.98. The average Bonchev–Trinajstić information content (AvgIpc) is 3.23. The Morgan fingerprint density at radius 2 is 1.90 bits per heavy atom. The van der Waals surface area contributed by atoms with Crippen LogP contribution in [0.15, 0.2) is 18.2 Å². The molecule has 1 saturated heterocycles. The number of esters is 1. The van der Waals surface area contributed by atoms with Crippen LogP contribution in [0.1, 0.15) is 57.9 Å². The van der Waals surface area contributed by atoms with Crippen LogP contribution in [0.3, 0.4) is 0 Å². The van der Waals surface area contributed by atoms with Gasteiger partial charge in [0.2, 0.25) is 0 Å². The lowest BCUT2D eigenvalue weighted by Crippen LogP contribution is -2.43. The molecule has 0 N–H and O–H groups in total. The van der Waals surface area contributed by atoms with Crippen molar-refractivity contribution in [2.24, 2.45) is 0 Å². The summed E-state index contributed by atoms with van der Waals surface area (Å²) in [5, 5.41) is 0. The number of rotatable bonds is 8. The Morgan fingerprint density at radius 3 is 2.52 bits per heavy atom. The van der Waals surface area contributed by atoms with E-state index in [1.165, 1.54) is 12.8 Å². The van der Waals surface area contributed by atoms with Gasteiger partial charge in [-0.15, -0.1) is 0 Å². The third-order valence-corrected chi connectivity index (χ3v) is 5.93. The number of hydrogen-bond donors (Lipinski definition) is 0. The molecule has 1 aromatic rings. The van der Waals surface area contributed by atoms with Gasteiger partial charge in [-0.3, -0.25) is 9.69 Å². The second-order valence-corrected chi connectivity index (χ2v) is 7.84. The summed E-state index contributed by atoms with van der Waals surface area (Å²) >= 11 is 0. The number of hydrogen-bond acceptors (Lipinski definition) is 5. The standard InChI is InChI=1S/C23H32N2O4/c1-4-27-20-11-10-18(16-21(20)29-19-8-6-7-9-19)23(24-3)12-14-25(15-13-23)17-22(26)28-5-2/h10-11,16,19H,4-9,12-15,17H2,1-2H3. The van der Waals surface area contributed by atoms with E-state index in [1.807, 2.05) is 32.0 Å². The monoisotopic (exact) mass is 400 g/mol. The molecule has 0 amide bonds. The van der Waals surface area contributed by atoms with Gasteiger partial charge in [-0.2, -0.15) is 0 Å². The molecule has 0 unspecified atom stereocenters. The first-order chi connectivity index (χ1) is 14.1. The largest absolute Gasteiger partial charge is 0.490 e. The Labute approximate surface area is 173 Å². The van der Waals surface area contributed by atoms with Crippen molar-refractivity contribution in [1.82, 2.24) is 4.90 Å². The van der Waals surface area contributed by atoms with Crippen LogP contribution in [0.25, 0.3) is 4.85 Å². The SMILES string of the molecule is [C-]#[N+]C1(c2ccc(OCC)c(OC3CCCC3)c2)CCN(CC(=O)OCC)CC1. The van der Waals surface area contributed by atoms with Gasteiger partial charge in [-0.25, -0.2) is 6.57 Å². The molecule has 1 aromatic carbocycles. The van der Waals surface area contributed by atoms with E-state index in [9.17, 15) is 4.79 Å². The van der Waals surface area contributed by atoms with Crippen molar-refractivity contribution in [2.45, 2.75) is 64.0 Å². The number of ether oxygens (including phenoxy) is 3. The molecule has 0 bridgehead atoms. The lowest BCUT2D eigenvalue weighted by molar-refractivity contribution is -0.144. The van der Waals surface area contributed by atoms with Crippen molar-refractivity contribution in [1.29, 1.82) is 0 Å². The van der Waals surface area contributed by atoms with Gasteiger partial charge in [-0.05, 0) is 57.7 Å². The third kappa shape index (κ3) is 5.22. The van der Waals surface area contributed by atoms with Crippen molar-refractivity contribution >= 4 is 5.97 Å². The van der Waals surface area contributed by atoms with Crippen LogP contribution in [0.4, 0.5) is 0 Å². The Balaban J connectivity index is 1.75. The van der Waals surface area contributed by atoms with Gasteiger partial charge in [0, 0.05) is 31.5 Å². The maximum atomic E-state index is 11.8. The average molecular weight is 401 g/mol. The molecule has 2 aliphatic rings. The molecule has 158 valence electrons. The summed E-state index contributed by atoms with van der Waals surface area (Å²) in [6.45, 7) is 14.4. The summed E-state index contributed by atoms with van der Waals surface area (Å²) in [5.74, 6) is 1.31. The Kier molecular flexibility index (Phi) is 7.38. The molecule has 6 nitrogen and oxygen atoms in total. The quantitative estimate of drug-likeness (QED) is 0.484. The summed E-state index contributed by atoms with van der Waals surface area (Å²) < 4.78 is 17.1. The number of carbonyl (C=O) groups excluding carboxylic acids is 1. The van der Waals surface area contributed by atoms with E-state index in [2.05, 4.69) is 9.74 Å². The zero-order chi connectivity index (χ0) is 20.7. The van der Waals surface area contributed by atoms with Crippen LogP contribution in [-0.4, -0.2) is 49.8 Å². The van der Waals surface area contributed by atoms with Crippen LogP contribution >= 0.6 is 0 Å². The first-order valence-electron chi connectivity index (χ1n) is 10.8. The fourth-order valence-electron chi connectivity index (χ4n) is 4.29. The number of likely N-dealkylation sites (tertiary alicyclic amines) is 1. The molecule has 1 aliphatic carbocycles. The van der Waals surface area contributed by atoms with E-state index in [1.54, 1.807) is 0 Å². The normalized spacial score (nSPS) is 19.5. The minimum absolute atomic E-state index is 0.198. The maximum Gasteiger partial charge on any atom is 0.320 e. The van der Waals surface area contributed by atoms with Crippen molar-refractivity contribution < 1.29 is 19.0 Å². The van der Waals surface area contributed by atoms with Crippen LogP contribution < -0.4 is 9.47 Å². The van der Waals surface area contributed by atoms with Crippen LogP contribution in [0, 0.1) is 6.57 Å². The summed E-state index contributed by atoms with van der Waals surface area (Å²) in [6, 6.07) is 5.97. The van der Waals surface area contributed by atoms with Crippen LogP contribution in [0.5, 0.6) is 11.5 Å². The number of carbonyl (C=O) groups is 1. The smallest absolute Gasteiger partial charge is 0.320 e. The van der Waals surface area contributed by atoms with E-state index in [0.29, 0.717) is 45.7 Å². The van der Waals surface area contributed by atoms with Gasteiger partial charge in [-0.1, -0.05) is 0 Å². The van der Waals surface area contributed by atoms with Gasteiger partial charge in [0.1, 0.15) is 0 Å². The molecule has 6 heteroatoms. The summed E-state index contributed by atoms with van der Waals surface area (Å²) in [5.41, 5.74) is 0.406. The molecule has 29 heavy (non-hydrogen) atoms. The number of benzene rings is 1. The second-order valence-electron chi connectivity index (χ2n) is 7.84. The molecule has 1 saturated carbocycles. The molecular formula is C23H32N2O4. The highest BCUT2D eigenvalue weighted by Gasteiger charge is 2.43. The van der Waals surface area contributed by atoms with E-state index in [-0.39, 0.29) is 12.1 Å². The van der Waals surface area contributed by atoms with Crippen molar-refractivity contribution in [3.63, 3.8) is 0 Å². The predicted molar refractivity (Wildman–Crippen MR) is 111 cm³/mol. The van der Waals surface area contributed by atoms with Crippen molar-refractivity contribution in [2.75, 3.05) is 32.8 Å². The first-order valence-corrected chi connectivity index (χ1v) is 10.8. The minimum atomic E-state index is -0.580. The molecule has 0 radical (unpaired) electrons. The molecule has 1 heterocycles. The topological polar surface area (TPSA) is 52.4 Å². The molecule has 1 aliphatic heterocycles. The highest BCUT2D eigenvalue weighted by Crippen LogP contribution is 2.41. The zero-order valence-corrected chi connectivity index (χ0v) is 17.6. The fourth-order valence-corrected chi connectivity index (χ4v) is 4.29. The summed E-state index contributed by atoms with van der Waals surface area (Å²) in [6.07, 6.45) is 6.17. The van der Waals surface area contributed by atoms with E-state index >= 15 is 0 Å². The van der Waals surface area contributed by atoms with Crippen LogP contribution in [-0.2, 0) is 15.1 Å². The zero-order valence-electron chi connectivity index (χ0n) is 17.6. The summed E-state index contributed by atoms with van der Waals surface area (Å²) in [4.78, 5) is 17.9. The van der Waals surface area contributed by atoms with Crippen molar-refractivity contribution in [3.05, 3.63) is 35.2 Å². The lowest BCUT2D eigenvalue weighted by Gasteiger charge is -2.33. The van der Waals surface area contributed by atoms with Gasteiger partial charge in [0.05, 0.1) is 25.9 Å². The van der Waals surface area contributed by atoms with E-state index < -0.39 is 5.54 Å². The van der Waals surface area contributed by atoms with E-state index in [4.69, 9.17) is 20.8 Å². The molecule has 3 rings (SSSR count). The Hall–Kier alpha value is -2.26. The maximum absolute atomic E-state index is 11.8. The Morgan fingerprint density at radius 1 is 1.17 bits per heavy atom. The molecule has 2 fully saturated rings. The highest BCUT2D eigenvalue weighted by molar-refractivity contribution is 5.71. The predicted octanol–water partition coefficient (Wildman–Crippen LogP) is 4.18. The van der Waals surface area contributed by atoms with E-state index in [0.717, 1.165) is 29.9 Å². The molecule has 0 spiro atoms. The summed E-state index contributed by atoms with van der Waals surface area (Å²) in [7, 11) is 0. The first kappa shape index (κ1) is 21.4.